The number of aromatic nitrogens is 2. The van der Waals surface area contributed by atoms with Gasteiger partial charge in [0.25, 0.3) is 5.56 Å². The fourth-order valence-electron chi connectivity index (χ4n) is 1.89. The van der Waals surface area contributed by atoms with Crippen LogP contribution in [0.2, 0.25) is 0 Å². The summed E-state index contributed by atoms with van der Waals surface area (Å²) in [6, 6.07) is -0.0828. The number of carbonyl (C=O) groups is 1. The lowest BCUT2D eigenvalue weighted by atomic mass is 10.2. The molecule has 0 radical (unpaired) electrons. The molecule has 1 N–H and O–H groups in total. The molecule has 0 aromatic carbocycles. The highest BCUT2D eigenvalue weighted by molar-refractivity contribution is 5.80. The van der Waals surface area contributed by atoms with E-state index in [0.29, 0.717) is 24.8 Å². The summed E-state index contributed by atoms with van der Waals surface area (Å²) in [6.07, 6.45) is 3.13. The highest BCUT2D eigenvalue weighted by Crippen LogP contribution is 2.25. The number of nitrogens with zero attached hydrogens (tertiary/aromatic N) is 1. The van der Waals surface area contributed by atoms with Crippen LogP contribution in [0.15, 0.2) is 15.8 Å². The molecule has 0 amide bonds. The standard InChI is InChI=1S/C10H12N2O3/c1-6-5-12(10(15)11-9(6)14)7-2-3-8(13)4-7/h5,7H,2-4H2,1H3,(H,11,14,15). The molecular formula is C10H12N2O3. The molecule has 1 heterocycles. The van der Waals surface area contributed by atoms with Gasteiger partial charge in [0.15, 0.2) is 0 Å². The smallest absolute Gasteiger partial charge is 0.300 e. The molecule has 1 saturated carbocycles. The van der Waals surface area contributed by atoms with Gasteiger partial charge in [0, 0.05) is 30.6 Å². The molecule has 15 heavy (non-hydrogen) atoms. The zero-order valence-electron chi connectivity index (χ0n) is 8.45. The Bertz CT molecular complexity index is 512. The van der Waals surface area contributed by atoms with E-state index in [1.165, 1.54) is 10.8 Å². The Labute approximate surface area is 85.7 Å². The minimum absolute atomic E-state index is 0.0828. The van der Waals surface area contributed by atoms with Crippen molar-refractivity contribution in [1.29, 1.82) is 0 Å². The lowest BCUT2D eigenvalue weighted by Gasteiger charge is -2.11. The van der Waals surface area contributed by atoms with E-state index in [9.17, 15) is 14.4 Å². The zero-order chi connectivity index (χ0) is 11.0. The van der Waals surface area contributed by atoms with Crippen molar-refractivity contribution in [3.63, 3.8) is 0 Å². The van der Waals surface area contributed by atoms with Crippen LogP contribution in [0.4, 0.5) is 0 Å². The summed E-state index contributed by atoms with van der Waals surface area (Å²) in [5.41, 5.74) is -0.292. The van der Waals surface area contributed by atoms with Crippen LogP contribution in [0.5, 0.6) is 0 Å². The number of nitrogens with one attached hydrogen (secondary N) is 1. The first-order valence-corrected chi connectivity index (χ1v) is 4.91. The van der Waals surface area contributed by atoms with E-state index in [2.05, 4.69) is 4.98 Å². The van der Waals surface area contributed by atoms with Gasteiger partial charge in [0.2, 0.25) is 0 Å². The molecule has 0 saturated heterocycles. The largest absolute Gasteiger partial charge is 0.328 e. The van der Waals surface area contributed by atoms with Gasteiger partial charge < -0.3 is 0 Å². The summed E-state index contributed by atoms with van der Waals surface area (Å²) in [6.45, 7) is 1.64. The van der Waals surface area contributed by atoms with Crippen LogP contribution in [0, 0.1) is 6.92 Å². The van der Waals surface area contributed by atoms with E-state index >= 15 is 0 Å². The quantitative estimate of drug-likeness (QED) is 0.713. The maximum absolute atomic E-state index is 11.5. The molecule has 2 rings (SSSR count). The second-order valence-corrected chi connectivity index (χ2v) is 3.91. The molecule has 5 nitrogen and oxygen atoms in total. The van der Waals surface area contributed by atoms with Gasteiger partial charge in [-0.25, -0.2) is 4.79 Å². The summed E-state index contributed by atoms with van der Waals surface area (Å²) in [5, 5.41) is 0. The molecule has 1 aromatic heterocycles. The van der Waals surface area contributed by atoms with Crippen molar-refractivity contribution in [3.05, 3.63) is 32.6 Å². The Kier molecular flexibility index (Phi) is 2.30. The summed E-state index contributed by atoms with van der Waals surface area (Å²) in [5.74, 6) is 0.177. The fourth-order valence-corrected chi connectivity index (χ4v) is 1.89. The Morgan fingerprint density at radius 1 is 1.40 bits per heavy atom. The highest BCUT2D eigenvalue weighted by atomic mass is 16.2. The van der Waals surface area contributed by atoms with Gasteiger partial charge in [0.05, 0.1) is 0 Å². The van der Waals surface area contributed by atoms with Gasteiger partial charge in [-0.1, -0.05) is 0 Å². The molecule has 0 bridgehead atoms. The first-order valence-electron chi connectivity index (χ1n) is 4.91. The third-order valence-corrected chi connectivity index (χ3v) is 2.76. The molecule has 1 aliphatic carbocycles. The van der Waals surface area contributed by atoms with Crippen LogP contribution in [0.1, 0.15) is 30.9 Å². The minimum Gasteiger partial charge on any atom is -0.300 e. The van der Waals surface area contributed by atoms with E-state index in [1.807, 2.05) is 0 Å². The number of hydrogen-bond acceptors (Lipinski definition) is 3. The van der Waals surface area contributed by atoms with Crippen molar-refractivity contribution in [2.75, 3.05) is 0 Å². The van der Waals surface area contributed by atoms with E-state index in [-0.39, 0.29) is 17.4 Å². The molecule has 1 atom stereocenters. The van der Waals surface area contributed by atoms with E-state index in [1.54, 1.807) is 6.92 Å². The lowest BCUT2D eigenvalue weighted by molar-refractivity contribution is -0.117. The van der Waals surface area contributed by atoms with Crippen LogP contribution in [0.25, 0.3) is 0 Å². The molecule has 1 aliphatic rings. The summed E-state index contributed by atoms with van der Waals surface area (Å²) in [7, 11) is 0. The van der Waals surface area contributed by atoms with Gasteiger partial charge in [-0.15, -0.1) is 0 Å². The summed E-state index contributed by atoms with van der Waals surface area (Å²) in [4.78, 5) is 36.0. The third-order valence-electron chi connectivity index (χ3n) is 2.76. The van der Waals surface area contributed by atoms with Crippen molar-refractivity contribution in [3.8, 4) is 0 Å². The Hall–Kier alpha value is -1.65. The van der Waals surface area contributed by atoms with E-state index < -0.39 is 5.69 Å². The van der Waals surface area contributed by atoms with Crippen molar-refractivity contribution >= 4 is 5.78 Å². The van der Waals surface area contributed by atoms with Crippen LogP contribution >= 0.6 is 0 Å². The SMILES string of the molecule is Cc1cn(C2CCC(=O)C2)c(=O)[nH]c1=O. The number of hydrogen-bond donors (Lipinski definition) is 1. The number of H-pyrrole nitrogens is 1. The number of ketones is 1. The van der Waals surface area contributed by atoms with Crippen molar-refractivity contribution in [1.82, 2.24) is 9.55 Å². The predicted molar refractivity (Wildman–Crippen MR) is 54.0 cm³/mol. The second kappa shape index (κ2) is 3.49. The Balaban J connectivity index is 2.45. The highest BCUT2D eigenvalue weighted by Gasteiger charge is 2.24. The molecule has 1 aromatic rings. The van der Waals surface area contributed by atoms with Gasteiger partial charge in [0.1, 0.15) is 5.78 Å². The molecule has 0 spiro atoms. The first kappa shape index (κ1) is 9.89. The van der Waals surface area contributed by atoms with Gasteiger partial charge in [-0.2, -0.15) is 0 Å². The van der Waals surface area contributed by atoms with Crippen LogP contribution < -0.4 is 11.2 Å². The average Bonchev–Trinajstić information content (AvgIpc) is 2.58. The first-order chi connectivity index (χ1) is 7.08. The van der Waals surface area contributed by atoms with Crippen molar-refractivity contribution in [2.24, 2.45) is 0 Å². The monoisotopic (exact) mass is 208 g/mol. The average molecular weight is 208 g/mol. The van der Waals surface area contributed by atoms with Gasteiger partial charge in [-0.05, 0) is 13.3 Å². The fraction of sp³-hybridized carbons (Fsp3) is 0.500. The molecule has 1 fully saturated rings. The summed E-state index contributed by atoms with van der Waals surface area (Å²) >= 11 is 0. The summed E-state index contributed by atoms with van der Waals surface area (Å²) < 4.78 is 1.46. The number of carbonyl (C=O) groups excluding carboxylic acids is 1. The minimum atomic E-state index is -0.426. The zero-order valence-corrected chi connectivity index (χ0v) is 8.45. The van der Waals surface area contributed by atoms with Crippen LogP contribution in [-0.4, -0.2) is 15.3 Å². The van der Waals surface area contributed by atoms with Crippen molar-refractivity contribution < 1.29 is 4.79 Å². The van der Waals surface area contributed by atoms with Crippen LogP contribution in [0.3, 0.4) is 0 Å². The molecule has 1 unspecified atom stereocenters. The number of Topliss-reactive ketones (excluding diaryl/α,β-unsaturated/α-hetero) is 1. The number of aryl methyl sites for hydroxylation is 1. The van der Waals surface area contributed by atoms with Gasteiger partial charge >= 0.3 is 5.69 Å². The second-order valence-electron chi connectivity index (χ2n) is 3.91. The number of aromatic amines is 1. The maximum atomic E-state index is 11.5. The molecule has 5 heteroatoms. The Morgan fingerprint density at radius 3 is 2.73 bits per heavy atom. The van der Waals surface area contributed by atoms with Crippen molar-refractivity contribution in [2.45, 2.75) is 32.2 Å². The maximum Gasteiger partial charge on any atom is 0.328 e. The van der Waals surface area contributed by atoms with E-state index in [0.717, 1.165) is 0 Å². The molecule has 80 valence electrons. The van der Waals surface area contributed by atoms with E-state index in [4.69, 9.17) is 0 Å². The molecular weight excluding hydrogens is 196 g/mol. The van der Waals surface area contributed by atoms with Crippen LogP contribution in [-0.2, 0) is 4.79 Å². The normalized spacial score (nSPS) is 20.9. The lowest BCUT2D eigenvalue weighted by Crippen LogP contribution is -2.32. The predicted octanol–water partition coefficient (Wildman–Crippen LogP) is 0.139. The number of rotatable bonds is 1. The van der Waals surface area contributed by atoms with Gasteiger partial charge in [-0.3, -0.25) is 19.1 Å². The molecule has 0 aliphatic heterocycles. The topological polar surface area (TPSA) is 71.9 Å². The third kappa shape index (κ3) is 1.77. The Morgan fingerprint density at radius 2 is 2.13 bits per heavy atom.